The van der Waals surface area contributed by atoms with Crippen molar-refractivity contribution >= 4 is 39.5 Å². The molecule has 4 nitrogen and oxygen atoms in total. The number of aryl methyl sites for hydroxylation is 1. The summed E-state index contributed by atoms with van der Waals surface area (Å²) in [7, 11) is 0. The van der Waals surface area contributed by atoms with Crippen molar-refractivity contribution in [2.24, 2.45) is 0 Å². The van der Waals surface area contributed by atoms with Crippen LogP contribution in [0.25, 0.3) is 10.9 Å². The number of hydrogen-bond acceptors (Lipinski definition) is 3. The Bertz CT molecular complexity index is 1170. The lowest BCUT2D eigenvalue weighted by molar-refractivity contribution is -0.115. The van der Waals surface area contributed by atoms with Crippen LogP contribution in [0.2, 0.25) is 0 Å². The normalized spacial score (nSPS) is 13.5. The number of H-pyrrole nitrogens is 1. The molecular formula is C24H23N3OS. The molecule has 0 atom stereocenters. The zero-order valence-electron chi connectivity index (χ0n) is 16.4. The summed E-state index contributed by atoms with van der Waals surface area (Å²) in [6.07, 6.45) is 1.47. The van der Waals surface area contributed by atoms with Crippen molar-refractivity contribution < 1.29 is 4.79 Å². The number of aromatic nitrogens is 1. The summed E-state index contributed by atoms with van der Waals surface area (Å²) < 4.78 is 0. The van der Waals surface area contributed by atoms with Crippen LogP contribution in [-0.4, -0.2) is 17.4 Å². The molecule has 5 heteroatoms. The quantitative estimate of drug-likeness (QED) is 0.489. The van der Waals surface area contributed by atoms with E-state index < -0.39 is 0 Å². The predicted octanol–water partition coefficient (Wildman–Crippen LogP) is 5.28. The standard InChI is InChI=1S/C24H23N3OS/c1-16-21(20-4-2-3-5-22(20)25-16)14-24(28)26-18-6-8-19(9-7-18)27-12-10-23-17(15-27)11-13-29-23/h2-9,11,13,25H,10,12,14-15H2,1H3,(H,26,28). The van der Waals surface area contributed by atoms with E-state index in [9.17, 15) is 4.79 Å². The van der Waals surface area contributed by atoms with E-state index in [4.69, 9.17) is 0 Å². The number of hydrogen-bond donors (Lipinski definition) is 2. The number of carbonyl (C=O) groups is 1. The summed E-state index contributed by atoms with van der Waals surface area (Å²) in [5.41, 5.74) is 6.67. The highest BCUT2D eigenvalue weighted by atomic mass is 32.1. The molecular weight excluding hydrogens is 378 g/mol. The van der Waals surface area contributed by atoms with Crippen LogP contribution < -0.4 is 10.2 Å². The van der Waals surface area contributed by atoms with Crippen molar-refractivity contribution in [2.75, 3.05) is 16.8 Å². The third-order valence-corrected chi connectivity index (χ3v) is 6.71. The summed E-state index contributed by atoms with van der Waals surface area (Å²) >= 11 is 1.86. The molecule has 3 heterocycles. The Hall–Kier alpha value is -3.05. The van der Waals surface area contributed by atoms with Crippen molar-refractivity contribution in [2.45, 2.75) is 26.3 Å². The first-order valence-electron chi connectivity index (χ1n) is 9.93. The van der Waals surface area contributed by atoms with Gasteiger partial charge in [-0.2, -0.15) is 0 Å². The molecule has 1 aliphatic heterocycles. The molecule has 4 aromatic rings. The molecule has 0 radical (unpaired) electrons. The molecule has 29 heavy (non-hydrogen) atoms. The molecule has 2 N–H and O–H groups in total. The van der Waals surface area contributed by atoms with Crippen molar-refractivity contribution in [3.8, 4) is 0 Å². The number of amides is 1. The Morgan fingerprint density at radius 3 is 2.83 bits per heavy atom. The molecule has 0 spiro atoms. The van der Waals surface area contributed by atoms with Gasteiger partial charge in [0.1, 0.15) is 0 Å². The first-order valence-corrected chi connectivity index (χ1v) is 10.8. The van der Waals surface area contributed by atoms with E-state index in [1.165, 1.54) is 16.1 Å². The molecule has 1 aliphatic rings. The molecule has 0 saturated carbocycles. The number of thiophene rings is 1. The van der Waals surface area contributed by atoms with E-state index in [1.54, 1.807) is 0 Å². The van der Waals surface area contributed by atoms with Gasteiger partial charge in [0, 0.05) is 45.9 Å². The van der Waals surface area contributed by atoms with Gasteiger partial charge in [0.25, 0.3) is 0 Å². The molecule has 146 valence electrons. The molecule has 1 amide bonds. The van der Waals surface area contributed by atoms with Crippen molar-refractivity contribution in [3.63, 3.8) is 0 Å². The van der Waals surface area contributed by atoms with Crippen LogP contribution in [0.4, 0.5) is 11.4 Å². The van der Waals surface area contributed by atoms with Gasteiger partial charge in [-0.25, -0.2) is 0 Å². The van der Waals surface area contributed by atoms with Crippen LogP contribution in [-0.2, 0) is 24.2 Å². The van der Waals surface area contributed by atoms with Gasteiger partial charge in [-0.15, -0.1) is 11.3 Å². The predicted molar refractivity (Wildman–Crippen MR) is 121 cm³/mol. The van der Waals surface area contributed by atoms with Gasteiger partial charge in [-0.3, -0.25) is 4.79 Å². The Morgan fingerprint density at radius 1 is 1.14 bits per heavy atom. The Balaban J connectivity index is 1.26. The number of nitrogens with zero attached hydrogens (tertiary/aromatic N) is 1. The Labute approximate surface area is 174 Å². The van der Waals surface area contributed by atoms with E-state index in [0.717, 1.165) is 47.4 Å². The fourth-order valence-electron chi connectivity index (χ4n) is 4.15. The number of para-hydroxylation sites is 1. The average molecular weight is 402 g/mol. The average Bonchev–Trinajstić information content (AvgIpc) is 3.32. The second-order valence-corrected chi connectivity index (χ2v) is 8.59. The lowest BCUT2D eigenvalue weighted by atomic mass is 10.1. The van der Waals surface area contributed by atoms with Crippen molar-refractivity contribution in [3.05, 3.63) is 81.7 Å². The lowest BCUT2D eigenvalue weighted by Gasteiger charge is -2.29. The second-order valence-electron chi connectivity index (χ2n) is 7.59. The SMILES string of the molecule is Cc1[nH]c2ccccc2c1CC(=O)Nc1ccc(N2CCc3sccc3C2)cc1. The second kappa shape index (κ2) is 7.41. The van der Waals surface area contributed by atoms with E-state index in [2.05, 4.69) is 44.8 Å². The van der Waals surface area contributed by atoms with Crippen molar-refractivity contribution in [1.29, 1.82) is 0 Å². The van der Waals surface area contributed by atoms with Gasteiger partial charge in [0.15, 0.2) is 0 Å². The van der Waals surface area contributed by atoms with E-state index in [-0.39, 0.29) is 5.91 Å². The van der Waals surface area contributed by atoms with Gasteiger partial charge >= 0.3 is 0 Å². The number of rotatable bonds is 4. The third kappa shape index (κ3) is 3.54. The minimum atomic E-state index is 0.00601. The molecule has 0 saturated heterocycles. The molecule has 2 aromatic heterocycles. The van der Waals surface area contributed by atoms with Crippen LogP contribution >= 0.6 is 11.3 Å². The minimum Gasteiger partial charge on any atom is -0.367 e. The molecule has 0 bridgehead atoms. The van der Waals surface area contributed by atoms with Gasteiger partial charge in [0.05, 0.1) is 6.42 Å². The highest BCUT2D eigenvalue weighted by molar-refractivity contribution is 7.10. The highest BCUT2D eigenvalue weighted by Gasteiger charge is 2.17. The molecule has 0 unspecified atom stereocenters. The summed E-state index contributed by atoms with van der Waals surface area (Å²) in [4.78, 5) is 19.9. The smallest absolute Gasteiger partial charge is 0.228 e. The zero-order valence-corrected chi connectivity index (χ0v) is 17.2. The minimum absolute atomic E-state index is 0.00601. The number of anilines is 2. The fourth-order valence-corrected chi connectivity index (χ4v) is 5.04. The fraction of sp³-hybridized carbons (Fsp3) is 0.208. The number of aromatic amines is 1. The molecule has 0 aliphatic carbocycles. The summed E-state index contributed by atoms with van der Waals surface area (Å²) in [5.74, 6) is 0.00601. The summed E-state index contributed by atoms with van der Waals surface area (Å²) in [5, 5.41) is 6.35. The first kappa shape index (κ1) is 18.0. The maximum absolute atomic E-state index is 12.6. The number of nitrogens with one attached hydrogen (secondary N) is 2. The lowest BCUT2D eigenvalue weighted by Crippen LogP contribution is -2.29. The maximum Gasteiger partial charge on any atom is 0.228 e. The third-order valence-electron chi connectivity index (χ3n) is 5.69. The van der Waals surface area contributed by atoms with Gasteiger partial charge < -0.3 is 15.2 Å². The van der Waals surface area contributed by atoms with E-state index in [1.807, 2.05) is 48.6 Å². The molecule has 0 fully saturated rings. The summed E-state index contributed by atoms with van der Waals surface area (Å²) in [6, 6.07) is 18.6. The van der Waals surface area contributed by atoms with Gasteiger partial charge in [-0.05, 0) is 66.2 Å². The Morgan fingerprint density at radius 2 is 1.97 bits per heavy atom. The van der Waals surface area contributed by atoms with E-state index in [0.29, 0.717) is 6.42 Å². The number of benzene rings is 2. The van der Waals surface area contributed by atoms with Crippen LogP contribution in [0.3, 0.4) is 0 Å². The zero-order chi connectivity index (χ0) is 19.8. The first-order chi connectivity index (χ1) is 14.2. The number of fused-ring (bicyclic) bond motifs is 2. The number of carbonyl (C=O) groups excluding carboxylic acids is 1. The molecule has 2 aromatic carbocycles. The molecule has 5 rings (SSSR count). The Kier molecular flexibility index (Phi) is 4.60. The van der Waals surface area contributed by atoms with Crippen LogP contribution in [0.5, 0.6) is 0 Å². The monoisotopic (exact) mass is 401 g/mol. The van der Waals surface area contributed by atoms with Gasteiger partial charge in [-0.1, -0.05) is 18.2 Å². The van der Waals surface area contributed by atoms with Crippen LogP contribution in [0.1, 0.15) is 21.7 Å². The maximum atomic E-state index is 12.6. The van der Waals surface area contributed by atoms with E-state index >= 15 is 0 Å². The van der Waals surface area contributed by atoms with Crippen molar-refractivity contribution in [1.82, 2.24) is 4.98 Å². The largest absolute Gasteiger partial charge is 0.367 e. The highest BCUT2D eigenvalue weighted by Crippen LogP contribution is 2.28. The van der Waals surface area contributed by atoms with Gasteiger partial charge in [0.2, 0.25) is 5.91 Å². The van der Waals surface area contributed by atoms with Crippen LogP contribution in [0, 0.1) is 6.92 Å². The summed E-state index contributed by atoms with van der Waals surface area (Å²) in [6.45, 7) is 4.03. The topological polar surface area (TPSA) is 48.1 Å². The van der Waals surface area contributed by atoms with Crippen LogP contribution in [0.15, 0.2) is 60.0 Å².